The van der Waals surface area contributed by atoms with Crippen molar-refractivity contribution in [3.63, 3.8) is 0 Å². The highest BCUT2D eigenvalue weighted by atomic mass is 32.2. The Kier molecular flexibility index (Phi) is 6.54. The van der Waals surface area contributed by atoms with Crippen LogP contribution in [0.2, 0.25) is 0 Å². The molecule has 0 saturated heterocycles. The fourth-order valence-electron chi connectivity index (χ4n) is 2.64. The average Bonchev–Trinajstić information content (AvgIpc) is 2.66. The van der Waals surface area contributed by atoms with E-state index in [2.05, 4.69) is 10.1 Å². The van der Waals surface area contributed by atoms with Crippen LogP contribution in [0.15, 0.2) is 48.5 Å². The molecule has 2 rings (SSSR count). The summed E-state index contributed by atoms with van der Waals surface area (Å²) < 4.78 is 30.0. The van der Waals surface area contributed by atoms with Crippen LogP contribution in [-0.2, 0) is 19.6 Å². The van der Waals surface area contributed by atoms with Crippen molar-refractivity contribution in [1.82, 2.24) is 0 Å². The van der Waals surface area contributed by atoms with Crippen LogP contribution in [0.25, 0.3) is 0 Å². The molecule has 0 heterocycles. The summed E-state index contributed by atoms with van der Waals surface area (Å²) in [6, 6.07) is 9.68. The smallest absolute Gasteiger partial charge is 0.337 e. The number of anilines is 2. The molecular formula is C18H19N3O7S. The third-order valence-corrected chi connectivity index (χ3v) is 5.18. The van der Waals surface area contributed by atoms with Gasteiger partial charge in [0.15, 0.2) is 0 Å². The summed E-state index contributed by atoms with van der Waals surface area (Å²) in [7, 11) is -2.73. The summed E-state index contributed by atoms with van der Waals surface area (Å²) in [6.07, 6.45) is 0.896. The number of hydrogen-bond acceptors (Lipinski definition) is 7. The van der Waals surface area contributed by atoms with Crippen molar-refractivity contribution in [3.05, 3.63) is 64.2 Å². The van der Waals surface area contributed by atoms with Crippen LogP contribution in [-0.4, -0.2) is 44.6 Å². The van der Waals surface area contributed by atoms with Gasteiger partial charge in [-0.3, -0.25) is 19.2 Å². The number of amides is 1. The Balaban J connectivity index is 2.34. The number of nitrogens with zero attached hydrogens (tertiary/aromatic N) is 2. The molecule has 154 valence electrons. The predicted molar refractivity (Wildman–Crippen MR) is 106 cm³/mol. The molecule has 10 nitrogen and oxygen atoms in total. The highest BCUT2D eigenvalue weighted by Crippen LogP contribution is 2.26. The van der Waals surface area contributed by atoms with Crippen molar-refractivity contribution < 1.29 is 27.7 Å². The van der Waals surface area contributed by atoms with Crippen molar-refractivity contribution in [1.29, 1.82) is 0 Å². The van der Waals surface area contributed by atoms with Crippen LogP contribution < -0.4 is 9.62 Å². The number of non-ortho nitro benzene ring substituents is 1. The molecule has 1 atom stereocenters. The van der Waals surface area contributed by atoms with E-state index in [1.165, 1.54) is 56.5 Å². The molecule has 0 saturated carbocycles. The molecule has 2 aromatic rings. The van der Waals surface area contributed by atoms with Crippen molar-refractivity contribution in [2.45, 2.75) is 13.0 Å². The van der Waals surface area contributed by atoms with E-state index in [0.717, 1.165) is 16.6 Å². The fourth-order valence-corrected chi connectivity index (χ4v) is 3.81. The first-order valence-electron chi connectivity index (χ1n) is 8.27. The maximum absolute atomic E-state index is 12.7. The van der Waals surface area contributed by atoms with Crippen LogP contribution in [0.4, 0.5) is 17.1 Å². The quantitative estimate of drug-likeness (QED) is 0.411. The van der Waals surface area contributed by atoms with Gasteiger partial charge in [0.2, 0.25) is 15.9 Å². The van der Waals surface area contributed by atoms with Crippen LogP contribution >= 0.6 is 0 Å². The highest BCUT2D eigenvalue weighted by molar-refractivity contribution is 7.92. The van der Waals surface area contributed by atoms with Crippen LogP contribution in [0, 0.1) is 10.1 Å². The molecule has 1 N–H and O–H groups in total. The lowest BCUT2D eigenvalue weighted by molar-refractivity contribution is -0.384. The van der Waals surface area contributed by atoms with Gasteiger partial charge in [0, 0.05) is 17.8 Å². The Morgan fingerprint density at radius 1 is 1.17 bits per heavy atom. The van der Waals surface area contributed by atoms with Crippen LogP contribution in [0.5, 0.6) is 0 Å². The summed E-state index contributed by atoms with van der Waals surface area (Å²) in [5, 5.41) is 13.5. The molecule has 0 aliphatic heterocycles. The number of rotatable bonds is 7. The normalized spacial score (nSPS) is 12.0. The molecule has 0 aliphatic carbocycles. The van der Waals surface area contributed by atoms with Gasteiger partial charge in [0.05, 0.1) is 29.5 Å². The first kappa shape index (κ1) is 21.8. The minimum absolute atomic E-state index is 0.0207. The Labute approximate surface area is 167 Å². The summed E-state index contributed by atoms with van der Waals surface area (Å²) in [5.41, 5.74) is 0.135. The maximum Gasteiger partial charge on any atom is 0.337 e. The molecule has 0 unspecified atom stereocenters. The van der Waals surface area contributed by atoms with Crippen molar-refractivity contribution in [2.24, 2.45) is 0 Å². The van der Waals surface area contributed by atoms with Gasteiger partial charge in [-0.05, 0) is 31.2 Å². The Bertz CT molecular complexity index is 1050. The van der Waals surface area contributed by atoms with Gasteiger partial charge >= 0.3 is 5.97 Å². The lowest BCUT2D eigenvalue weighted by Gasteiger charge is -2.28. The van der Waals surface area contributed by atoms with Gasteiger partial charge in [-0.25, -0.2) is 13.2 Å². The van der Waals surface area contributed by atoms with E-state index in [4.69, 9.17) is 0 Å². The number of sulfonamides is 1. The number of nitro benzene ring substituents is 1. The van der Waals surface area contributed by atoms with Gasteiger partial charge in [0.1, 0.15) is 6.04 Å². The predicted octanol–water partition coefficient (Wildman–Crippen LogP) is 2.17. The SMILES string of the molecule is COC(=O)c1cccc(NC(=O)[C@H](C)N(c2cccc([N+](=O)[O-])c2)S(C)(=O)=O)c1. The minimum Gasteiger partial charge on any atom is -0.465 e. The number of carbonyl (C=O) groups is 2. The van der Waals surface area contributed by atoms with Gasteiger partial charge in [-0.2, -0.15) is 0 Å². The van der Waals surface area contributed by atoms with E-state index in [0.29, 0.717) is 0 Å². The van der Waals surface area contributed by atoms with Crippen LogP contribution in [0.3, 0.4) is 0 Å². The topological polar surface area (TPSA) is 136 Å². The molecule has 11 heteroatoms. The summed E-state index contributed by atoms with van der Waals surface area (Å²) >= 11 is 0. The Hall–Kier alpha value is -3.47. The third kappa shape index (κ3) is 5.29. The van der Waals surface area contributed by atoms with Gasteiger partial charge in [0.25, 0.3) is 5.69 Å². The molecule has 0 spiro atoms. The average molecular weight is 421 g/mol. The van der Waals surface area contributed by atoms with E-state index in [9.17, 15) is 28.1 Å². The third-order valence-electron chi connectivity index (χ3n) is 3.93. The number of methoxy groups -OCH3 is 1. The van der Waals surface area contributed by atoms with Gasteiger partial charge < -0.3 is 10.1 Å². The van der Waals surface area contributed by atoms with Crippen molar-refractivity contribution >= 4 is 39.0 Å². The van der Waals surface area contributed by atoms with E-state index in [1.807, 2.05) is 0 Å². The molecule has 0 fully saturated rings. The fraction of sp³-hybridized carbons (Fsp3) is 0.222. The second-order valence-electron chi connectivity index (χ2n) is 6.07. The van der Waals surface area contributed by atoms with E-state index in [1.54, 1.807) is 0 Å². The molecule has 0 bridgehead atoms. The second kappa shape index (κ2) is 8.69. The van der Waals surface area contributed by atoms with E-state index in [-0.39, 0.29) is 22.6 Å². The summed E-state index contributed by atoms with van der Waals surface area (Å²) in [6.45, 7) is 1.35. The van der Waals surface area contributed by atoms with E-state index >= 15 is 0 Å². The zero-order valence-corrected chi connectivity index (χ0v) is 16.7. The molecule has 1 amide bonds. The van der Waals surface area contributed by atoms with Crippen molar-refractivity contribution in [2.75, 3.05) is 23.0 Å². The molecule has 29 heavy (non-hydrogen) atoms. The van der Waals surface area contributed by atoms with Crippen LogP contribution in [0.1, 0.15) is 17.3 Å². The van der Waals surface area contributed by atoms with Gasteiger partial charge in [-0.1, -0.05) is 12.1 Å². The first-order valence-corrected chi connectivity index (χ1v) is 10.1. The summed E-state index contributed by atoms with van der Waals surface area (Å²) in [5.74, 6) is -1.28. The molecule has 2 aromatic carbocycles. The zero-order valence-electron chi connectivity index (χ0n) is 15.9. The number of benzene rings is 2. The number of carbonyl (C=O) groups excluding carboxylic acids is 2. The number of nitro groups is 1. The Morgan fingerprint density at radius 3 is 2.41 bits per heavy atom. The minimum atomic E-state index is -3.95. The van der Waals surface area contributed by atoms with Crippen molar-refractivity contribution in [3.8, 4) is 0 Å². The zero-order chi connectivity index (χ0) is 21.8. The Morgan fingerprint density at radius 2 is 1.83 bits per heavy atom. The van der Waals surface area contributed by atoms with E-state index < -0.39 is 32.9 Å². The lowest BCUT2D eigenvalue weighted by Crippen LogP contribution is -2.45. The molecule has 0 radical (unpaired) electrons. The number of esters is 1. The largest absolute Gasteiger partial charge is 0.465 e. The monoisotopic (exact) mass is 421 g/mol. The lowest BCUT2D eigenvalue weighted by atomic mass is 10.2. The maximum atomic E-state index is 12.7. The highest BCUT2D eigenvalue weighted by Gasteiger charge is 2.30. The summed E-state index contributed by atoms with van der Waals surface area (Å²) in [4.78, 5) is 34.6. The van der Waals surface area contributed by atoms with Gasteiger partial charge in [-0.15, -0.1) is 0 Å². The first-order chi connectivity index (χ1) is 13.5. The number of nitrogens with one attached hydrogen (secondary N) is 1. The molecule has 0 aromatic heterocycles. The molecule has 0 aliphatic rings. The molecular weight excluding hydrogens is 402 g/mol. The second-order valence-corrected chi connectivity index (χ2v) is 7.93. The standard InChI is InChI=1S/C18H19N3O7S/c1-12(17(22)19-14-7-4-6-13(10-14)18(23)28-2)20(29(3,26)27)15-8-5-9-16(11-15)21(24)25/h4-12H,1-3H3,(H,19,22)/t12-/m0/s1. The number of hydrogen-bond donors (Lipinski definition) is 1. The number of ether oxygens (including phenoxy) is 1.